The van der Waals surface area contributed by atoms with E-state index in [2.05, 4.69) is 15.5 Å². The average molecular weight is 426 g/mol. The van der Waals surface area contributed by atoms with Crippen molar-refractivity contribution < 1.29 is 19.2 Å². The summed E-state index contributed by atoms with van der Waals surface area (Å²) in [6, 6.07) is 10.5. The van der Waals surface area contributed by atoms with Crippen LogP contribution in [-0.2, 0) is 16.0 Å². The molecule has 1 fully saturated rings. The molecule has 3 heterocycles. The number of hydrogen-bond acceptors (Lipinski definition) is 7. The molecule has 2 N–H and O–H groups in total. The second-order valence-electron chi connectivity index (χ2n) is 7.15. The van der Waals surface area contributed by atoms with Gasteiger partial charge in [-0.1, -0.05) is 23.4 Å². The molecule has 3 aromatic rings. The molecule has 0 spiro atoms. The lowest BCUT2D eigenvalue weighted by Crippen LogP contribution is -2.41. The van der Waals surface area contributed by atoms with Gasteiger partial charge in [-0.05, 0) is 36.4 Å². The average Bonchev–Trinajstić information content (AvgIpc) is 3.45. The Balaban J connectivity index is 1.23. The van der Waals surface area contributed by atoms with Gasteiger partial charge in [0.1, 0.15) is 5.75 Å². The Morgan fingerprint density at radius 2 is 2.00 bits per heavy atom. The Morgan fingerprint density at radius 3 is 2.73 bits per heavy atom. The van der Waals surface area contributed by atoms with Crippen LogP contribution >= 0.6 is 11.3 Å². The molecule has 30 heavy (non-hydrogen) atoms. The summed E-state index contributed by atoms with van der Waals surface area (Å²) in [6.45, 7) is 1.06. The first-order chi connectivity index (χ1) is 14.6. The van der Waals surface area contributed by atoms with Gasteiger partial charge in [0.2, 0.25) is 23.5 Å². The highest BCUT2D eigenvalue weighted by molar-refractivity contribution is 7.13. The zero-order valence-corrected chi connectivity index (χ0v) is 17.1. The van der Waals surface area contributed by atoms with Gasteiger partial charge in [-0.3, -0.25) is 9.59 Å². The summed E-state index contributed by atoms with van der Waals surface area (Å²) in [4.78, 5) is 32.0. The molecular formula is C21H22N4O4S. The van der Waals surface area contributed by atoms with E-state index in [9.17, 15) is 14.7 Å². The largest absolute Gasteiger partial charge is 0.506 e. The zero-order chi connectivity index (χ0) is 20.9. The van der Waals surface area contributed by atoms with Crippen molar-refractivity contribution in [2.45, 2.75) is 25.7 Å². The maximum Gasteiger partial charge on any atom is 0.227 e. The minimum atomic E-state index is -0.182. The molecule has 0 radical (unpaired) electrons. The summed E-state index contributed by atoms with van der Waals surface area (Å²) >= 11 is 1.53. The fraction of sp³-hybridized carbons (Fsp3) is 0.333. The summed E-state index contributed by atoms with van der Waals surface area (Å²) in [7, 11) is 0. The number of benzene rings is 1. The number of nitrogens with one attached hydrogen (secondary N) is 1. The fourth-order valence-electron chi connectivity index (χ4n) is 3.44. The van der Waals surface area contributed by atoms with Crippen molar-refractivity contribution in [3.8, 4) is 16.5 Å². The lowest BCUT2D eigenvalue weighted by Gasteiger charge is -2.31. The van der Waals surface area contributed by atoms with Gasteiger partial charge in [-0.2, -0.15) is 4.98 Å². The number of phenols is 1. The van der Waals surface area contributed by atoms with Gasteiger partial charge in [0.15, 0.2) is 0 Å². The predicted molar refractivity (Wildman–Crippen MR) is 112 cm³/mol. The molecular weight excluding hydrogens is 404 g/mol. The molecule has 1 aliphatic rings. The maximum atomic E-state index is 12.5. The van der Waals surface area contributed by atoms with Gasteiger partial charge in [0.05, 0.1) is 10.6 Å². The summed E-state index contributed by atoms with van der Waals surface area (Å²) in [5.41, 5.74) is 0.405. The van der Waals surface area contributed by atoms with Crippen molar-refractivity contribution in [1.82, 2.24) is 15.0 Å². The SMILES string of the molecule is O=C(Nc1ccccc1O)C1CCN(C(=O)CCc2nc(-c3cccs3)no2)CC1. The van der Waals surface area contributed by atoms with Gasteiger partial charge >= 0.3 is 0 Å². The predicted octanol–water partition coefficient (Wildman–Crippen LogP) is 3.31. The van der Waals surface area contributed by atoms with Crippen molar-refractivity contribution in [2.24, 2.45) is 5.92 Å². The van der Waals surface area contributed by atoms with E-state index >= 15 is 0 Å². The Morgan fingerprint density at radius 1 is 1.20 bits per heavy atom. The Bertz CT molecular complexity index is 1010. The topological polar surface area (TPSA) is 109 Å². The fourth-order valence-corrected chi connectivity index (χ4v) is 4.09. The number of likely N-dealkylation sites (tertiary alicyclic amines) is 1. The Hall–Kier alpha value is -3.20. The van der Waals surface area contributed by atoms with Crippen molar-refractivity contribution in [3.63, 3.8) is 0 Å². The number of carbonyl (C=O) groups excluding carboxylic acids is 2. The quantitative estimate of drug-likeness (QED) is 0.586. The lowest BCUT2D eigenvalue weighted by atomic mass is 9.95. The minimum Gasteiger partial charge on any atom is -0.506 e. The Kier molecular flexibility index (Phi) is 6.08. The third kappa shape index (κ3) is 4.68. The van der Waals surface area contributed by atoms with E-state index in [1.165, 1.54) is 17.4 Å². The number of rotatable bonds is 6. The molecule has 1 aromatic carbocycles. The van der Waals surface area contributed by atoms with Crippen LogP contribution < -0.4 is 5.32 Å². The van der Waals surface area contributed by atoms with Crippen LogP contribution in [0.2, 0.25) is 0 Å². The number of aryl methyl sites for hydroxylation is 1. The number of aromatic hydroxyl groups is 1. The molecule has 156 valence electrons. The van der Waals surface area contributed by atoms with Crippen LogP contribution in [0.3, 0.4) is 0 Å². The first kappa shape index (κ1) is 20.1. The van der Waals surface area contributed by atoms with Gasteiger partial charge in [0.25, 0.3) is 0 Å². The molecule has 2 amide bonds. The van der Waals surface area contributed by atoms with Crippen LogP contribution in [-0.4, -0.2) is 45.1 Å². The number of thiophene rings is 1. The van der Waals surface area contributed by atoms with E-state index in [0.29, 0.717) is 56.2 Å². The van der Waals surface area contributed by atoms with Gasteiger partial charge in [0, 0.05) is 31.8 Å². The zero-order valence-electron chi connectivity index (χ0n) is 16.3. The third-order valence-electron chi connectivity index (χ3n) is 5.14. The van der Waals surface area contributed by atoms with Crippen LogP contribution in [0.1, 0.15) is 25.2 Å². The molecule has 2 aromatic heterocycles. The maximum absolute atomic E-state index is 12.5. The number of para-hydroxylation sites is 2. The van der Waals surface area contributed by atoms with E-state index in [4.69, 9.17) is 4.52 Å². The van der Waals surface area contributed by atoms with Crippen LogP contribution in [0.25, 0.3) is 10.7 Å². The second-order valence-corrected chi connectivity index (χ2v) is 8.10. The highest BCUT2D eigenvalue weighted by Crippen LogP contribution is 2.25. The number of piperidine rings is 1. The molecule has 8 nitrogen and oxygen atoms in total. The van der Waals surface area contributed by atoms with Crippen LogP contribution in [0.5, 0.6) is 5.75 Å². The first-order valence-corrected chi connectivity index (χ1v) is 10.7. The van der Waals surface area contributed by atoms with Crippen molar-refractivity contribution >= 4 is 28.8 Å². The van der Waals surface area contributed by atoms with E-state index in [-0.39, 0.29) is 23.5 Å². The van der Waals surface area contributed by atoms with Crippen LogP contribution in [0, 0.1) is 5.92 Å². The molecule has 0 bridgehead atoms. The number of carbonyl (C=O) groups is 2. The normalized spacial score (nSPS) is 14.6. The second kappa shape index (κ2) is 9.08. The number of aromatic nitrogens is 2. The Labute approximate surface area is 177 Å². The van der Waals surface area contributed by atoms with E-state index in [1.54, 1.807) is 23.1 Å². The molecule has 1 saturated heterocycles. The van der Waals surface area contributed by atoms with Crippen molar-refractivity contribution in [3.05, 3.63) is 47.7 Å². The van der Waals surface area contributed by atoms with E-state index < -0.39 is 0 Å². The number of anilines is 1. The molecule has 0 unspecified atom stereocenters. The minimum absolute atomic E-state index is 0.0189. The summed E-state index contributed by atoms with van der Waals surface area (Å²) in [5.74, 6) is 0.744. The highest BCUT2D eigenvalue weighted by atomic mass is 32.1. The number of nitrogens with zero attached hydrogens (tertiary/aromatic N) is 3. The van der Waals surface area contributed by atoms with Crippen molar-refractivity contribution in [2.75, 3.05) is 18.4 Å². The summed E-state index contributed by atoms with van der Waals surface area (Å²) in [6.07, 6.45) is 1.87. The molecule has 9 heteroatoms. The molecule has 0 saturated carbocycles. The van der Waals surface area contributed by atoms with Crippen molar-refractivity contribution in [1.29, 1.82) is 0 Å². The smallest absolute Gasteiger partial charge is 0.227 e. The van der Waals surface area contributed by atoms with E-state index in [1.807, 2.05) is 17.5 Å². The van der Waals surface area contributed by atoms with E-state index in [0.717, 1.165) is 4.88 Å². The van der Waals surface area contributed by atoms with Crippen LogP contribution in [0.15, 0.2) is 46.3 Å². The summed E-state index contributed by atoms with van der Waals surface area (Å²) in [5, 5.41) is 18.5. The molecule has 4 rings (SSSR count). The van der Waals surface area contributed by atoms with Gasteiger partial charge in [-0.25, -0.2) is 0 Å². The number of hydrogen-bond donors (Lipinski definition) is 2. The first-order valence-electron chi connectivity index (χ1n) is 9.83. The van der Waals surface area contributed by atoms with Gasteiger partial charge in [-0.15, -0.1) is 11.3 Å². The number of amides is 2. The molecule has 0 atom stereocenters. The monoisotopic (exact) mass is 426 g/mol. The van der Waals surface area contributed by atoms with Gasteiger partial charge < -0.3 is 19.8 Å². The number of phenolic OH excluding ortho intramolecular Hbond substituents is 1. The highest BCUT2D eigenvalue weighted by Gasteiger charge is 2.27. The molecule has 0 aliphatic carbocycles. The molecule has 1 aliphatic heterocycles. The summed E-state index contributed by atoms with van der Waals surface area (Å²) < 4.78 is 5.24. The standard InChI is InChI=1S/C21H22N4O4S/c26-16-5-2-1-4-15(16)22-21(28)14-9-11-25(12-10-14)19(27)8-7-18-23-20(24-29-18)17-6-3-13-30-17/h1-6,13-14,26H,7-12H2,(H,22,28). The van der Waals surface area contributed by atoms with Crippen LogP contribution in [0.4, 0.5) is 5.69 Å². The third-order valence-corrected chi connectivity index (χ3v) is 6.01. The lowest BCUT2D eigenvalue weighted by molar-refractivity contribution is -0.134.